The van der Waals surface area contributed by atoms with Gasteiger partial charge in [-0.15, -0.1) is 0 Å². The van der Waals surface area contributed by atoms with Crippen molar-refractivity contribution >= 4 is 0 Å². The number of rotatable bonds is 4. The van der Waals surface area contributed by atoms with Crippen LogP contribution in [0.5, 0.6) is 0 Å². The zero-order valence-electron chi connectivity index (χ0n) is 12.5. The smallest absolute Gasteiger partial charge is 0.184 e. The predicted molar refractivity (Wildman–Crippen MR) is 71.8 cm³/mol. The maximum Gasteiger partial charge on any atom is 0.184 e. The van der Waals surface area contributed by atoms with E-state index in [0.717, 1.165) is 0 Å². The van der Waals surface area contributed by atoms with E-state index in [9.17, 15) is 30.6 Å². The molecule has 2 heterocycles. The standard InChI is InChI=1S/C13H24O10/c1-4-7(16)5(2-14)22-13(8(4)17)23-11-9(18)6(3-15)21-12(20)10(11)19/h4-20H,2-3H2,1H3/t4-,5?,6?,7-,8?,9+,10?,11-,12+,13-/m0/s1. The molecular formula is C13H24O10. The van der Waals surface area contributed by atoms with Crippen LogP contribution in [0.25, 0.3) is 0 Å². The average molecular weight is 340 g/mol. The fourth-order valence-corrected chi connectivity index (χ4v) is 2.77. The molecule has 0 aromatic carbocycles. The van der Waals surface area contributed by atoms with E-state index in [1.54, 1.807) is 0 Å². The van der Waals surface area contributed by atoms with Crippen molar-refractivity contribution in [3.05, 3.63) is 0 Å². The first-order valence-electron chi connectivity index (χ1n) is 7.40. The lowest BCUT2D eigenvalue weighted by Crippen LogP contribution is -2.63. The monoisotopic (exact) mass is 340 g/mol. The normalized spacial score (nSPS) is 51.7. The Labute approximate surface area is 132 Å². The second-order valence-corrected chi connectivity index (χ2v) is 5.90. The van der Waals surface area contributed by atoms with Gasteiger partial charge in [-0.25, -0.2) is 0 Å². The number of hydrogen-bond acceptors (Lipinski definition) is 10. The first-order valence-corrected chi connectivity index (χ1v) is 7.40. The Bertz CT molecular complexity index is 380. The summed E-state index contributed by atoms with van der Waals surface area (Å²) in [6.45, 7) is 0.394. The molecule has 7 N–H and O–H groups in total. The quantitative estimate of drug-likeness (QED) is 0.267. The van der Waals surface area contributed by atoms with Crippen LogP contribution in [0.15, 0.2) is 0 Å². The highest BCUT2D eigenvalue weighted by Gasteiger charge is 2.49. The topological polar surface area (TPSA) is 169 Å². The second-order valence-electron chi connectivity index (χ2n) is 5.90. The van der Waals surface area contributed by atoms with Crippen LogP contribution in [-0.2, 0) is 14.2 Å². The van der Waals surface area contributed by atoms with Gasteiger partial charge in [0.1, 0.15) is 36.6 Å². The molecule has 0 aromatic heterocycles. The summed E-state index contributed by atoms with van der Waals surface area (Å²) < 4.78 is 15.5. The number of aliphatic hydroxyl groups excluding tert-OH is 7. The highest BCUT2D eigenvalue weighted by molar-refractivity contribution is 4.92. The van der Waals surface area contributed by atoms with Crippen LogP contribution >= 0.6 is 0 Å². The Hall–Kier alpha value is -0.400. The summed E-state index contributed by atoms with van der Waals surface area (Å²) >= 11 is 0. The first-order chi connectivity index (χ1) is 10.8. The molecule has 10 nitrogen and oxygen atoms in total. The summed E-state index contributed by atoms with van der Waals surface area (Å²) in [6, 6.07) is 0. The van der Waals surface area contributed by atoms with Crippen molar-refractivity contribution in [2.75, 3.05) is 13.2 Å². The van der Waals surface area contributed by atoms with Gasteiger partial charge in [0.15, 0.2) is 12.6 Å². The van der Waals surface area contributed by atoms with Crippen LogP contribution in [0, 0.1) is 5.92 Å². The minimum absolute atomic E-state index is 0.515. The van der Waals surface area contributed by atoms with Gasteiger partial charge in [-0.05, 0) is 0 Å². The molecule has 0 aliphatic carbocycles. The highest BCUT2D eigenvalue weighted by atomic mass is 16.7. The maximum absolute atomic E-state index is 10.1. The van der Waals surface area contributed by atoms with E-state index in [2.05, 4.69) is 0 Å². The van der Waals surface area contributed by atoms with E-state index in [4.69, 9.17) is 19.3 Å². The second kappa shape index (κ2) is 7.66. The minimum Gasteiger partial charge on any atom is -0.394 e. The minimum atomic E-state index is -1.70. The molecule has 2 fully saturated rings. The van der Waals surface area contributed by atoms with Crippen molar-refractivity contribution in [2.24, 2.45) is 5.92 Å². The molecule has 0 amide bonds. The summed E-state index contributed by atoms with van der Waals surface area (Å²) in [5.74, 6) is -0.696. The molecule has 23 heavy (non-hydrogen) atoms. The number of ether oxygens (including phenoxy) is 3. The number of aliphatic hydroxyl groups is 7. The van der Waals surface area contributed by atoms with Crippen LogP contribution in [0.1, 0.15) is 6.92 Å². The third kappa shape index (κ3) is 3.66. The van der Waals surface area contributed by atoms with Crippen LogP contribution in [0.3, 0.4) is 0 Å². The molecule has 2 saturated heterocycles. The van der Waals surface area contributed by atoms with E-state index < -0.39 is 74.4 Å². The van der Waals surface area contributed by atoms with E-state index in [1.807, 2.05) is 0 Å². The Morgan fingerprint density at radius 3 is 1.91 bits per heavy atom. The van der Waals surface area contributed by atoms with Gasteiger partial charge in [-0.1, -0.05) is 6.92 Å². The summed E-state index contributed by atoms with van der Waals surface area (Å²) in [5.41, 5.74) is 0. The lowest BCUT2D eigenvalue weighted by Gasteiger charge is -2.45. The van der Waals surface area contributed by atoms with Crippen LogP contribution in [0.4, 0.5) is 0 Å². The lowest BCUT2D eigenvalue weighted by molar-refractivity contribution is -0.351. The van der Waals surface area contributed by atoms with Gasteiger partial charge in [0.2, 0.25) is 0 Å². The Morgan fingerprint density at radius 1 is 0.783 bits per heavy atom. The molecule has 0 radical (unpaired) electrons. The fourth-order valence-electron chi connectivity index (χ4n) is 2.77. The number of hydrogen-bond donors (Lipinski definition) is 7. The molecule has 136 valence electrons. The van der Waals surface area contributed by atoms with Gasteiger partial charge < -0.3 is 50.0 Å². The third-order valence-electron chi connectivity index (χ3n) is 4.36. The SMILES string of the molecule is C[C@@H]1C(O)[C@H](O[C@@H]2C(O)[C@H](O)OC(CO)[C@H]2O)OC(CO)[C@H]1O. The van der Waals surface area contributed by atoms with Crippen LogP contribution in [0.2, 0.25) is 0 Å². The van der Waals surface area contributed by atoms with E-state index >= 15 is 0 Å². The van der Waals surface area contributed by atoms with Gasteiger partial charge in [-0.2, -0.15) is 0 Å². The Balaban J connectivity index is 2.11. The van der Waals surface area contributed by atoms with Crippen molar-refractivity contribution in [1.82, 2.24) is 0 Å². The predicted octanol–water partition coefficient (Wildman–Crippen LogP) is -4.12. The van der Waals surface area contributed by atoms with Gasteiger partial charge in [0.05, 0.1) is 19.3 Å². The summed E-state index contributed by atoms with van der Waals surface area (Å²) in [7, 11) is 0. The van der Waals surface area contributed by atoms with Crippen molar-refractivity contribution in [3.63, 3.8) is 0 Å². The van der Waals surface area contributed by atoms with Gasteiger partial charge >= 0.3 is 0 Å². The summed E-state index contributed by atoms with van der Waals surface area (Å²) in [4.78, 5) is 0. The molecule has 0 bridgehead atoms. The molecule has 10 atom stereocenters. The summed E-state index contributed by atoms with van der Waals surface area (Å²) in [6.07, 6.45) is -12.2. The van der Waals surface area contributed by atoms with Crippen LogP contribution < -0.4 is 0 Å². The Morgan fingerprint density at radius 2 is 1.35 bits per heavy atom. The van der Waals surface area contributed by atoms with Crippen molar-refractivity contribution < 1.29 is 50.0 Å². The van der Waals surface area contributed by atoms with Crippen LogP contribution in [-0.4, -0.2) is 104 Å². The van der Waals surface area contributed by atoms with Crippen molar-refractivity contribution in [1.29, 1.82) is 0 Å². The maximum atomic E-state index is 10.1. The zero-order valence-corrected chi connectivity index (χ0v) is 12.5. The van der Waals surface area contributed by atoms with E-state index in [0.29, 0.717) is 0 Å². The molecule has 2 aliphatic rings. The van der Waals surface area contributed by atoms with E-state index in [-0.39, 0.29) is 0 Å². The molecule has 0 aromatic rings. The molecule has 10 heteroatoms. The van der Waals surface area contributed by atoms with E-state index in [1.165, 1.54) is 6.92 Å². The lowest BCUT2D eigenvalue weighted by atomic mass is 9.90. The molecular weight excluding hydrogens is 316 g/mol. The van der Waals surface area contributed by atoms with Gasteiger partial charge in [0, 0.05) is 5.92 Å². The fraction of sp³-hybridized carbons (Fsp3) is 1.00. The largest absolute Gasteiger partial charge is 0.394 e. The molecule has 2 aliphatic heterocycles. The summed E-state index contributed by atoms with van der Waals surface area (Å²) in [5, 5.41) is 67.9. The molecule has 2 rings (SSSR count). The molecule has 4 unspecified atom stereocenters. The van der Waals surface area contributed by atoms with Gasteiger partial charge in [0.25, 0.3) is 0 Å². The Kier molecular flexibility index (Phi) is 6.30. The first kappa shape index (κ1) is 18.9. The average Bonchev–Trinajstić information content (AvgIpc) is 2.54. The third-order valence-corrected chi connectivity index (χ3v) is 4.36. The highest BCUT2D eigenvalue weighted by Crippen LogP contribution is 2.30. The molecule has 0 saturated carbocycles. The van der Waals surface area contributed by atoms with Gasteiger partial charge in [-0.3, -0.25) is 0 Å². The van der Waals surface area contributed by atoms with Crippen molar-refractivity contribution in [2.45, 2.75) is 62.2 Å². The zero-order chi connectivity index (χ0) is 17.3. The van der Waals surface area contributed by atoms with Crippen molar-refractivity contribution in [3.8, 4) is 0 Å². The molecule has 0 spiro atoms.